The maximum atomic E-state index is 13.6. The summed E-state index contributed by atoms with van der Waals surface area (Å²) in [4.78, 5) is 31.1. The molecule has 0 bridgehead atoms. The molecule has 0 aliphatic rings. The number of aromatic nitrogens is 3. The van der Waals surface area contributed by atoms with E-state index in [0.717, 1.165) is 10.8 Å². The van der Waals surface area contributed by atoms with Crippen LogP contribution in [-0.2, 0) is 23.8 Å². The highest BCUT2D eigenvalue weighted by Crippen LogP contribution is 2.40. The molecule has 11 heteroatoms. The number of imidazole rings is 1. The van der Waals surface area contributed by atoms with Gasteiger partial charge in [-0.1, -0.05) is 13.3 Å². The van der Waals surface area contributed by atoms with Crippen LogP contribution in [0.3, 0.4) is 0 Å². The van der Waals surface area contributed by atoms with E-state index in [9.17, 15) is 27.9 Å². The first-order valence-corrected chi connectivity index (χ1v) is 9.32. The molecule has 1 amide bonds. The highest BCUT2D eigenvalue weighted by molar-refractivity contribution is 6.00. The minimum Gasteiger partial charge on any atom is -0.465 e. The minimum atomic E-state index is -4.99. The Kier molecular flexibility index (Phi) is 6.96. The van der Waals surface area contributed by atoms with Gasteiger partial charge < -0.3 is 24.7 Å². The Morgan fingerprint density at radius 1 is 1.37 bits per heavy atom. The SMILES string of the molecule is CCCc1c(C(=O)NCC[C@@](O)(c2nccn2C)C(F)(F)F)[nH]c(C)c1C(=O)OC. The van der Waals surface area contributed by atoms with Crippen molar-refractivity contribution in [3.05, 3.63) is 40.7 Å². The van der Waals surface area contributed by atoms with E-state index in [1.54, 1.807) is 6.92 Å². The summed E-state index contributed by atoms with van der Waals surface area (Å²) in [5, 5.41) is 12.7. The molecule has 0 radical (unpaired) electrons. The van der Waals surface area contributed by atoms with E-state index in [-0.39, 0.29) is 11.3 Å². The number of nitrogens with zero attached hydrogens (tertiary/aromatic N) is 2. The molecular formula is C19H25F3N4O4. The number of rotatable bonds is 8. The quantitative estimate of drug-likeness (QED) is 0.557. The average molecular weight is 430 g/mol. The maximum absolute atomic E-state index is 13.6. The number of aryl methyl sites for hydroxylation is 2. The first-order chi connectivity index (χ1) is 14.0. The van der Waals surface area contributed by atoms with E-state index >= 15 is 0 Å². The lowest BCUT2D eigenvalue weighted by Gasteiger charge is -2.29. The summed E-state index contributed by atoms with van der Waals surface area (Å²) in [6.07, 6.45) is -2.35. The first-order valence-electron chi connectivity index (χ1n) is 9.32. The zero-order chi connectivity index (χ0) is 22.7. The van der Waals surface area contributed by atoms with Crippen LogP contribution in [-0.4, -0.2) is 51.3 Å². The predicted octanol–water partition coefficient (Wildman–Crippen LogP) is 2.37. The van der Waals surface area contributed by atoms with Crippen LogP contribution in [0.2, 0.25) is 0 Å². The molecule has 2 heterocycles. The van der Waals surface area contributed by atoms with E-state index in [2.05, 4.69) is 15.3 Å². The predicted molar refractivity (Wildman–Crippen MR) is 101 cm³/mol. The molecule has 0 saturated heterocycles. The summed E-state index contributed by atoms with van der Waals surface area (Å²) in [6.45, 7) is 2.99. The van der Waals surface area contributed by atoms with Crippen LogP contribution >= 0.6 is 0 Å². The number of carbonyl (C=O) groups excluding carboxylic acids is 2. The van der Waals surface area contributed by atoms with Crippen molar-refractivity contribution in [2.24, 2.45) is 7.05 Å². The lowest BCUT2D eigenvalue weighted by Crippen LogP contribution is -2.46. The Morgan fingerprint density at radius 2 is 2.03 bits per heavy atom. The van der Waals surface area contributed by atoms with Crippen molar-refractivity contribution in [2.45, 2.75) is 44.9 Å². The Hall–Kier alpha value is -2.82. The largest absolute Gasteiger partial charge is 0.465 e. The summed E-state index contributed by atoms with van der Waals surface area (Å²) < 4.78 is 46.5. The normalized spacial score (nSPS) is 13.7. The Bertz CT molecular complexity index is 920. The zero-order valence-electron chi connectivity index (χ0n) is 17.2. The number of alkyl halides is 3. The molecule has 0 aliphatic carbocycles. The van der Waals surface area contributed by atoms with Crippen molar-refractivity contribution in [1.29, 1.82) is 0 Å². The summed E-state index contributed by atoms with van der Waals surface area (Å²) in [7, 11) is 2.56. The van der Waals surface area contributed by atoms with E-state index in [4.69, 9.17) is 4.74 Å². The number of hydrogen-bond acceptors (Lipinski definition) is 5. The van der Waals surface area contributed by atoms with Crippen LogP contribution in [0.4, 0.5) is 13.2 Å². The third-order valence-corrected chi connectivity index (χ3v) is 4.84. The van der Waals surface area contributed by atoms with Gasteiger partial charge in [0, 0.05) is 38.1 Å². The second-order valence-corrected chi connectivity index (χ2v) is 6.95. The van der Waals surface area contributed by atoms with Gasteiger partial charge >= 0.3 is 12.1 Å². The molecule has 166 valence electrons. The number of aromatic amines is 1. The number of methoxy groups -OCH3 is 1. The first kappa shape index (κ1) is 23.5. The summed E-state index contributed by atoms with van der Waals surface area (Å²) >= 11 is 0. The highest BCUT2D eigenvalue weighted by Gasteiger charge is 2.57. The lowest BCUT2D eigenvalue weighted by molar-refractivity contribution is -0.272. The number of nitrogens with one attached hydrogen (secondary N) is 2. The Morgan fingerprint density at radius 3 is 2.53 bits per heavy atom. The van der Waals surface area contributed by atoms with Crippen LogP contribution in [0.5, 0.6) is 0 Å². The Balaban J connectivity index is 2.23. The smallest absolute Gasteiger partial charge is 0.424 e. The van der Waals surface area contributed by atoms with Crippen LogP contribution in [0, 0.1) is 6.92 Å². The van der Waals surface area contributed by atoms with Gasteiger partial charge in [-0.2, -0.15) is 13.2 Å². The fourth-order valence-electron chi connectivity index (χ4n) is 3.34. The van der Waals surface area contributed by atoms with E-state index in [1.165, 1.54) is 20.4 Å². The van der Waals surface area contributed by atoms with Crippen LogP contribution < -0.4 is 5.32 Å². The minimum absolute atomic E-state index is 0.0855. The third kappa shape index (κ3) is 4.35. The lowest BCUT2D eigenvalue weighted by atomic mass is 9.97. The number of aliphatic hydroxyl groups is 1. The van der Waals surface area contributed by atoms with Gasteiger partial charge in [0.15, 0.2) is 0 Å². The molecule has 2 aromatic rings. The average Bonchev–Trinajstić information content (AvgIpc) is 3.23. The summed E-state index contributed by atoms with van der Waals surface area (Å²) in [6, 6.07) is 0. The van der Waals surface area contributed by atoms with Gasteiger partial charge in [-0.05, 0) is 18.9 Å². The van der Waals surface area contributed by atoms with Gasteiger partial charge in [0.1, 0.15) is 11.5 Å². The molecule has 1 atom stereocenters. The van der Waals surface area contributed by atoms with Crippen LogP contribution in [0.1, 0.15) is 57.7 Å². The van der Waals surface area contributed by atoms with Crippen LogP contribution in [0.15, 0.2) is 12.4 Å². The molecule has 0 spiro atoms. The number of ether oxygens (including phenoxy) is 1. The topological polar surface area (TPSA) is 109 Å². The number of esters is 1. The van der Waals surface area contributed by atoms with E-state index in [1.807, 2.05) is 6.92 Å². The number of hydrogen-bond donors (Lipinski definition) is 3. The summed E-state index contributed by atoms with van der Waals surface area (Å²) in [5.41, 5.74) is -2.04. The molecule has 3 N–H and O–H groups in total. The van der Waals surface area contributed by atoms with Crippen molar-refractivity contribution in [3.8, 4) is 0 Å². The van der Waals surface area contributed by atoms with Crippen molar-refractivity contribution in [3.63, 3.8) is 0 Å². The second-order valence-electron chi connectivity index (χ2n) is 6.95. The standard InChI is InChI=1S/C19H25F3N4O4/c1-5-6-12-13(16(28)30-4)11(2)25-14(12)15(27)23-8-7-18(29,19(20,21)22)17-24-9-10-26(17)3/h9-10,25,29H,5-8H2,1-4H3,(H,23,27)/t18-/m1/s1. The molecule has 0 fully saturated rings. The van der Waals surface area contributed by atoms with Crippen molar-refractivity contribution in [1.82, 2.24) is 19.9 Å². The van der Waals surface area contributed by atoms with Gasteiger partial charge in [0.2, 0.25) is 5.60 Å². The van der Waals surface area contributed by atoms with E-state index < -0.39 is 42.4 Å². The number of amides is 1. The van der Waals surface area contributed by atoms with E-state index in [0.29, 0.717) is 24.1 Å². The third-order valence-electron chi connectivity index (χ3n) is 4.84. The highest BCUT2D eigenvalue weighted by atomic mass is 19.4. The monoisotopic (exact) mass is 430 g/mol. The number of H-pyrrole nitrogens is 1. The van der Waals surface area contributed by atoms with Crippen molar-refractivity contribution < 1.29 is 32.6 Å². The Labute approximate surface area is 171 Å². The maximum Gasteiger partial charge on any atom is 0.424 e. The number of halogens is 3. The zero-order valence-corrected chi connectivity index (χ0v) is 17.2. The van der Waals surface area contributed by atoms with Gasteiger partial charge in [0.05, 0.1) is 12.7 Å². The van der Waals surface area contributed by atoms with Crippen LogP contribution in [0.25, 0.3) is 0 Å². The summed E-state index contributed by atoms with van der Waals surface area (Å²) in [5.74, 6) is -1.85. The van der Waals surface area contributed by atoms with Gasteiger partial charge in [-0.25, -0.2) is 9.78 Å². The van der Waals surface area contributed by atoms with Crippen molar-refractivity contribution in [2.75, 3.05) is 13.7 Å². The molecule has 30 heavy (non-hydrogen) atoms. The fraction of sp³-hybridized carbons (Fsp3) is 0.526. The molecule has 0 unspecified atom stereocenters. The molecule has 2 rings (SSSR count). The van der Waals surface area contributed by atoms with Crippen molar-refractivity contribution >= 4 is 11.9 Å². The molecular weight excluding hydrogens is 405 g/mol. The molecule has 0 aromatic carbocycles. The molecule has 0 aliphatic heterocycles. The molecule has 2 aromatic heterocycles. The fourth-order valence-corrected chi connectivity index (χ4v) is 3.34. The molecule has 0 saturated carbocycles. The number of carbonyl (C=O) groups is 2. The van der Waals surface area contributed by atoms with Gasteiger partial charge in [-0.3, -0.25) is 4.79 Å². The molecule has 8 nitrogen and oxygen atoms in total. The second kappa shape index (κ2) is 8.90. The van der Waals surface area contributed by atoms with Gasteiger partial charge in [-0.15, -0.1) is 0 Å². The van der Waals surface area contributed by atoms with Gasteiger partial charge in [0.25, 0.3) is 5.91 Å².